The molecular formula is C16H11F2N3O3. The zero-order valence-corrected chi connectivity index (χ0v) is 12.2. The Kier molecular flexibility index (Phi) is 4.19. The lowest BCUT2D eigenvalue weighted by Crippen LogP contribution is -2.02. The van der Waals surface area contributed by atoms with Crippen molar-refractivity contribution in [2.45, 2.75) is 6.42 Å². The minimum atomic E-state index is -0.909. The lowest BCUT2D eigenvalue weighted by Gasteiger charge is -2.02. The molecule has 0 aliphatic heterocycles. The molecule has 2 N–H and O–H groups in total. The Balaban J connectivity index is 1.88. The number of ketones is 1. The number of halogens is 2. The van der Waals surface area contributed by atoms with Crippen LogP contribution in [-0.4, -0.2) is 26.1 Å². The number of carbonyl (C=O) groups excluding carboxylic acids is 1. The average molecular weight is 331 g/mol. The second-order valence-corrected chi connectivity index (χ2v) is 4.92. The molecule has 0 aliphatic rings. The number of rotatable bonds is 5. The lowest BCUT2D eigenvalue weighted by molar-refractivity contribution is 0.104. The van der Waals surface area contributed by atoms with Gasteiger partial charge >= 0.3 is 0 Å². The van der Waals surface area contributed by atoms with Gasteiger partial charge in [0, 0.05) is 18.1 Å². The highest BCUT2D eigenvalue weighted by molar-refractivity contribution is 6.08. The van der Waals surface area contributed by atoms with Crippen LogP contribution in [0.15, 0.2) is 47.3 Å². The third kappa shape index (κ3) is 3.22. The standard InChI is InChI=1S/C16H11F2N3O3/c17-10-3-1-9(2-4-10)5-11-12(7-24-15(11)18)13(22)6-14(23)16-19-8-20-21-16/h1-4,6-8,23H,5H2,(H,19,20,21). The van der Waals surface area contributed by atoms with E-state index in [9.17, 15) is 18.7 Å². The van der Waals surface area contributed by atoms with Crippen molar-refractivity contribution in [3.63, 3.8) is 0 Å². The minimum Gasteiger partial charge on any atom is -0.504 e. The number of nitrogens with zero attached hydrogens (tertiary/aromatic N) is 2. The molecule has 0 aliphatic carbocycles. The summed E-state index contributed by atoms with van der Waals surface area (Å²) in [6.07, 6.45) is 3.13. The van der Waals surface area contributed by atoms with Crippen molar-refractivity contribution in [1.82, 2.24) is 15.2 Å². The Morgan fingerprint density at radius 3 is 2.71 bits per heavy atom. The quantitative estimate of drug-likeness (QED) is 0.426. The van der Waals surface area contributed by atoms with Gasteiger partial charge < -0.3 is 9.52 Å². The van der Waals surface area contributed by atoms with Gasteiger partial charge in [0.2, 0.25) is 5.82 Å². The van der Waals surface area contributed by atoms with Gasteiger partial charge in [-0.1, -0.05) is 12.1 Å². The number of hydrogen-bond acceptors (Lipinski definition) is 5. The third-order valence-electron chi connectivity index (χ3n) is 3.31. The number of aromatic nitrogens is 3. The second-order valence-electron chi connectivity index (χ2n) is 4.92. The molecule has 2 aromatic heterocycles. The molecule has 8 heteroatoms. The van der Waals surface area contributed by atoms with Crippen LogP contribution in [0.25, 0.3) is 5.76 Å². The van der Waals surface area contributed by atoms with Crippen LogP contribution in [0.3, 0.4) is 0 Å². The fourth-order valence-corrected chi connectivity index (χ4v) is 2.14. The molecule has 0 spiro atoms. The molecule has 24 heavy (non-hydrogen) atoms. The number of nitrogens with one attached hydrogen (secondary N) is 1. The van der Waals surface area contributed by atoms with Crippen molar-refractivity contribution in [3.8, 4) is 0 Å². The van der Waals surface area contributed by atoms with Gasteiger partial charge in [-0.3, -0.25) is 9.89 Å². The first kappa shape index (κ1) is 15.6. The molecule has 6 nitrogen and oxygen atoms in total. The van der Waals surface area contributed by atoms with Gasteiger partial charge in [-0.2, -0.15) is 9.49 Å². The fraction of sp³-hybridized carbons (Fsp3) is 0.0625. The highest BCUT2D eigenvalue weighted by atomic mass is 19.1. The van der Waals surface area contributed by atoms with Gasteiger partial charge in [0.15, 0.2) is 11.5 Å². The molecule has 0 atom stereocenters. The SMILES string of the molecule is O=C(C=C(O)c1nc[nH]n1)c1coc(F)c1Cc1ccc(F)cc1. The highest BCUT2D eigenvalue weighted by Crippen LogP contribution is 2.22. The van der Waals surface area contributed by atoms with Crippen molar-refractivity contribution < 1.29 is 23.1 Å². The first-order valence-corrected chi connectivity index (χ1v) is 6.86. The maximum absolute atomic E-state index is 13.8. The molecule has 0 radical (unpaired) electrons. The van der Waals surface area contributed by atoms with Gasteiger partial charge in [0.25, 0.3) is 6.01 Å². The Labute approximate surface area is 134 Å². The summed E-state index contributed by atoms with van der Waals surface area (Å²) >= 11 is 0. The molecule has 1 aromatic carbocycles. The summed E-state index contributed by atoms with van der Waals surface area (Å²) in [6, 6.07) is 4.54. The largest absolute Gasteiger partial charge is 0.504 e. The van der Waals surface area contributed by atoms with E-state index in [1.54, 1.807) is 0 Å². The Morgan fingerprint density at radius 2 is 2.04 bits per heavy atom. The number of H-pyrrole nitrogens is 1. The summed E-state index contributed by atoms with van der Waals surface area (Å²) in [6.45, 7) is 0. The number of allylic oxidation sites excluding steroid dienone is 1. The zero-order chi connectivity index (χ0) is 17.1. The molecule has 0 saturated heterocycles. The van der Waals surface area contributed by atoms with Crippen LogP contribution in [0.1, 0.15) is 27.3 Å². The van der Waals surface area contributed by atoms with Gasteiger partial charge in [-0.15, -0.1) is 0 Å². The van der Waals surface area contributed by atoms with Crippen LogP contribution >= 0.6 is 0 Å². The number of aliphatic hydroxyl groups excluding tert-OH is 1. The average Bonchev–Trinajstić information content (AvgIpc) is 3.20. The summed E-state index contributed by atoms with van der Waals surface area (Å²) in [4.78, 5) is 15.9. The molecule has 0 saturated carbocycles. The predicted octanol–water partition coefficient (Wildman–Crippen LogP) is 3.05. The molecular weight excluding hydrogens is 320 g/mol. The first-order chi connectivity index (χ1) is 11.5. The van der Waals surface area contributed by atoms with Crippen LogP contribution in [-0.2, 0) is 6.42 Å². The van der Waals surface area contributed by atoms with Crippen LogP contribution in [0.4, 0.5) is 8.78 Å². The third-order valence-corrected chi connectivity index (χ3v) is 3.31. The van der Waals surface area contributed by atoms with Gasteiger partial charge in [0.1, 0.15) is 18.4 Å². The van der Waals surface area contributed by atoms with E-state index in [-0.39, 0.29) is 23.4 Å². The highest BCUT2D eigenvalue weighted by Gasteiger charge is 2.20. The van der Waals surface area contributed by atoms with E-state index in [2.05, 4.69) is 19.6 Å². The van der Waals surface area contributed by atoms with Crippen molar-refractivity contribution in [2.24, 2.45) is 0 Å². The monoisotopic (exact) mass is 331 g/mol. The van der Waals surface area contributed by atoms with Crippen molar-refractivity contribution >= 4 is 11.5 Å². The van der Waals surface area contributed by atoms with E-state index in [4.69, 9.17) is 0 Å². The Bertz CT molecular complexity index is 884. The number of carbonyl (C=O) groups is 1. The fourth-order valence-electron chi connectivity index (χ4n) is 2.14. The molecule has 3 rings (SSSR count). The number of benzene rings is 1. The summed E-state index contributed by atoms with van der Waals surface area (Å²) in [5.74, 6) is -1.60. The molecule has 2 heterocycles. The van der Waals surface area contributed by atoms with E-state index in [1.807, 2.05) is 0 Å². The topological polar surface area (TPSA) is 92.0 Å². The summed E-state index contributed by atoms with van der Waals surface area (Å²) in [5.41, 5.74) is 0.581. The molecule has 3 aromatic rings. The summed E-state index contributed by atoms with van der Waals surface area (Å²) in [5, 5.41) is 15.8. The number of aliphatic hydroxyl groups is 1. The van der Waals surface area contributed by atoms with E-state index >= 15 is 0 Å². The van der Waals surface area contributed by atoms with Crippen LogP contribution in [0.2, 0.25) is 0 Å². The summed E-state index contributed by atoms with van der Waals surface area (Å²) < 4.78 is 31.4. The minimum absolute atomic E-state index is 0.0191. The first-order valence-electron chi connectivity index (χ1n) is 6.86. The second kappa shape index (κ2) is 6.45. The predicted molar refractivity (Wildman–Crippen MR) is 79.2 cm³/mol. The van der Waals surface area contributed by atoms with Crippen molar-refractivity contribution in [3.05, 3.63) is 77.3 Å². The Morgan fingerprint density at radius 1 is 1.29 bits per heavy atom. The van der Waals surface area contributed by atoms with Crippen LogP contribution in [0.5, 0.6) is 0 Å². The van der Waals surface area contributed by atoms with E-state index < -0.39 is 23.4 Å². The van der Waals surface area contributed by atoms with Gasteiger partial charge in [-0.25, -0.2) is 9.37 Å². The maximum atomic E-state index is 13.8. The number of hydrogen-bond donors (Lipinski definition) is 2. The zero-order valence-electron chi connectivity index (χ0n) is 12.2. The number of furan rings is 1. The van der Waals surface area contributed by atoms with Gasteiger partial charge in [0.05, 0.1) is 5.56 Å². The molecule has 0 fully saturated rings. The molecule has 0 bridgehead atoms. The molecule has 0 unspecified atom stereocenters. The Hall–Kier alpha value is -3.29. The lowest BCUT2D eigenvalue weighted by atomic mass is 10.0. The van der Waals surface area contributed by atoms with E-state index in [1.165, 1.54) is 30.6 Å². The van der Waals surface area contributed by atoms with Crippen LogP contribution in [0, 0.1) is 11.8 Å². The van der Waals surface area contributed by atoms with Crippen molar-refractivity contribution in [2.75, 3.05) is 0 Å². The van der Waals surface area contributed by atoms with E-state index in [0.717, 1.165) is 12.3 Å². The molecule has 0 amide bonds. The van der Waals surface area contributed by atoms with Gasteiger partial charge in [-0.05, 0) is 17.7 Å². The maximum Gasteiger partial charge on any atom is 0.282 e. The van der Waals surface area contributed by atoms with Crippen molar-refractivity contribution in [1.29, 1.82) is 0 Å². The summed E-state index contributed by atoms with van der Waals surface area (Å²) in [7, 11) is 0. The number of aromatic amines is 1. The normalized spacial score (nSPS) is 11.7. The molecule has 122 valence electrons. The smallest absolute Gasteiger partial charge is 0.282 e. The van der Waals surface area contributed by atoms with Crippen LogP contribution < -0.4 is 0 Å². The van der Waals surface area contributed by atoms with E-state index in [0.29, 0.717) is 5.56 Å².